The molecule has 0 bridgehead atoms. The van der Waals surface area contributed by atoms with Gasteiger partial charge in [0.25, 0.3) is 5.91 Å². The second kappa shape index (κ2) is 10.1. The van der Waals surface area contributed by atoms with E-state index in [0.717, 1.165) is 11.3 Å². The fraction of sp³-hybridized carbons (Fsp3) is 0.444. The first kappa shape index (κ1) is 24.8. The Labute approximate surface area is 211 Å². The smallest absolute Gasteiger partial charge is 0.313 e. The van der Waals surface area contributed by atoms with Gasteiger partial charge in [0.15, 0.2) is 17.5 Å². The molecule has 0 radical (unpaired) electrons. The van der Waals surface area contributed by atoms with Crippen LogP contribution >= 0.6 is 34.9 Å². The first-order valence-electron chi connectivity index (χ1n) is 9.92. The van der Waals surface area contributed by atoms with Gasteiger partial charge in [0.2, 0.25) is 11.1 Å². The van der Waals surface area contributed by atoms with Crippen LogP contribution in [0.2, 0.25) is 0 Å². The predicted octanol–water partition coefficient (Wildman–Crippen LogP) is -1.13. The zero-order chi connectivity index (χ0) is 25.2. The van der Waals surface area contributed by atoms with E-state index in [-0.39, 0.29) is 41.2 Å². The summed E-state index contributed by atoms with van der Waals surface area (Å²) in [7, 11) is 1.66. The van der Waals surface area contributed by atoms with Crippen LogP contribution in [0, 0.1) is 17.8 Å². The number of carboxylic acid groups (broad SMARTS) is 1. The van der Waals surface area contributed by atoms with E-state index < -0.39 is 34.6 Å². The Morgan fingerprint density at radius 3 is 2.97 bits per heavy atom. The maximum absolute atomic E-state index is 12.9. The van der Waals surface area contributed by atoms with Gasteiger partial charge in [-0.15, -0.1) is 34.6 Å². The molecule has 0 aromatic carbocycles. The number of thioether (sulfide) groups is 2. The number of oxime groups is 1. The molecule has 4 heterocycles. The number of carbonyl (C=O) groups excluding carboxylic acids is 2. The SMILES string of the molecule is C#CCON=C(C(=O)NC1C(=O)N2CC(CSc3nnnn3C)(C(=O)O)CS[C@H]12)c1csc(N)n1. The fourth-order valence-electron chi connectivity index (χ4n) is 3.40. The lowest BCUT2D eigenvalue weighted by atomic mass is 9.89. The van der Waals surface area contributed by atoms with Gasteiger partial charge in [-0.1, -0.05) is 22.8 Å². The van der Waals surface area contributed by atoms with E-state index in [0.29, 0.717) is 5.16 Å². The highest BCUT2D eigenvalue weighted by molar-refractivity contribution is 8.00. The quantitative estimate of drug-likeness (QED) is 0.0872. The van der Waals surface area contributed by atoms with Gasteiger partial charge in [-0.2, -0.15) is 0 Å². The number of hydrogen-bond acceptors (Lipinski definition) is 13. The summed E-state index contributed by atoms with van der Waals surface area (Å²) in [5, 5.41) is 29.3. The van der Waals surface area contributed by atoms with E-state index in [1.807, 2.05) is 0 Å². The molecule has 4 N–H and O–H groups in total. The number of aliphatic carboxylic acids is 1. The van der Waals surface area contributed by atoms with E-state index in [9.17, 15) is 19.5 Å². The molecule has 2 amide bonds. The molecule has 2 aliphatic heterocycles. The normalized spacial score (nSPS) is 23.7. The van der Waals surface area contributed by atoms with E-state index >= 15 is 0 Å². The Bertz CT molecular complexity index is 1220. The van der Waals surface area contributed by atoms with Crippen LogP contribution in [0.3, 0.4) is 0 Å². The van der Waals surface area contributed by atoms with E-state index in [1.165, 1.54) is 38.5 Å². The summed E-state index contributed by atoms with van der Waals surface area (Å²) in [5.74, 6) is 0.536. The number of amides is 2. The van der Waals surface area contributed by atoms with Crippen LogP contribution in [0.5, 0.6) is 0 Å². The summed E-state index contributed by atoms with van der Waals surface area (Å²) in [6.07, 6.45) is 5.15. The molecule has 0 spiro atoms. The van der Waals surface area contributed by atoms with Gasteiger partial charge in [0, 0.05) is 30.5 Å². The number of nitrogens with zero attached hydrogens (tertiary/aromatic N) is 7. The number of carboxylic acids is 1. The molecule has 2 aromatic rings. The molecule has 0 saturated carbocycles. The number of nitrogen functional groups attached to an aromatic ring is 1. The summed E-state index contributed by atoms with van der Waals surface area (Å²) in [6.45, 7) is -0.164. The van der Waals surface area contributed by atoms with Crippen molar-refractivity contribution < 1.29 is 24.3 Å². The molecule has 3 atom stereocenters. The number of tetrazole rings is 1. The fourth-order valence-corrected chi connectivity index (χ4v) is 6.66. The van der Waals surface area contributed by atoms with Gasteiger partial charge < -0.3 is 25.9 Å². The summed E-state index contributed by atoms with van der Waals surface area (Å²) in [4.78, 5) is 48.4. The van der Waals surface area contributed by atoms with Crippen LogP contribution in [0.15, 0.2) is 15.7 Å². The van der Waals surface area contributed by atoms with Crippen molar-refractivity contribution in [2.45, 2.75) is 16.6 Å². The van der Waals surface area contributed by atoms with Crippen molar-refractivity contribution in [3.8, 4) is 12.3 Å². The number of carbonyl (C=O) groups is 3. The first-order valence-corrected chi connectivity index (χ1v) is 12.8. The van der Waals surface area contributed by atoms with Crippen molar-refractivity contribution in [3.63, 3.8) is 0 Å². The topological polar surface area (TPSA) is 191 Å². The van der Waals surface area contributed by atoms with Crippen molar-refractivity contribution in [2.24, 2.45) is 17.6 Å². The molecule has 2 aliphatic rings. The number of nitrogens with two attached hydrogens (primary N) is 1. The number of β-lactam (4-membered cyclic amide) rings is 1. The third-order valence-corrected chi connectivity index (χ3v) is 8.79. The Morgan fingerprint density at radius 1 is 1.54 bits per heavy atom. The standard InChI is InChI=1S/C18H19N9O5S3/c1-3-4-32-23-10(9-5-33-16(19)20-9)12(28)21-11-13(29)27-6-18(15(30)31,7-34-14(11)27)8-35-17-22-24-25-26(17)2/h1,5,11,14H,4,6-8H2,2H3,(H2,19,20)(H,21,28)(H,30,31)/t11?,14-,18?/m1/s1. The van der Waals surface area contributed by atoms with Crippen molar-refractivity contribution >= 4 is 63.5 Å². The van der Waals surface area contributed by atoms with Crippen LogP contribution in [-0.2, 0) is 26.3 Å². The maximum Gasteiger partial charge on any atom is 0.313 e. The predicted molar refractivity (Wildman–Crippen MR) is 127 cm³/mol. The molecular formula is C18H19N9O5S3. The van der Waals surface area contributed by atoms with Crippen molar-refractivity contribution in [1.29, 1.82) is 0 Å². The second-order valence-electron chi connectivity index (χ2n) is 7.57. The largest absolute Gasteiger partial charge is 0.481 e. The summed E-state index contributed by atoms with van der Waals surface area (Å²) in [5.41, 5.74) is 4.47. The number of fused-ring (bicyclic) bond motifs is 1. The molecule has 14 nitrogen and oxygen atoms in total. The third-order valence-electron chi connectivity index (χ3n) is 5.23. The highest BCUT2D eigenvalue weighted by atomic mass is 32.2. The number of thiazole rings is 1. The summed E-state index contributed by atoms with van der Waals surface area (Å²) in [6, 6.07) is -0.858. The lowest BCUT2D eigenvalue weighted by molar-refractivity contribution is -0.157. The minimum absolute atomic E-state index is 0.00166. The summed E-state index contributed by atoms with van der Waals surface area (Å²) < 4.78 is 1.45. The number of terminal acetylenes is 1. The zero-order valence-corrected chi connectivity index (χ0v) is 20.6. The Hall–Kier alpha value is -3.36. The van der Waals surface area contributed by atoms with Crippen LogP contribution in [0.1, 0.15) is 5.69 Å². The second-order valence-corrected chi connectivity index (χ2v) is 10.5. The molecule has 2 unspecified atom stereocenters. The molecule has 184 valence electrons. The van der Waals surface area contributed by atoms with E-state index in [2.05, 4.69) is 36.9 Å². The number of aromatic nitrogens is 5. The minimum atomic E-state index is -1.20. The third kappa shape index (κ3) is 4.90. The van der Waals surface area contributed by atoms with Crippen molar-refractivity contribution in [1.82, 2.24) is 35.4 Å². The number of hydrogen-bond donors (Lipinski definition) is 3. The highest BCUT2D eigenvalue weighted by Gasteiger charge is 2.57. The first-order chi connectivity index (χ1) is 16.8. The molecule has 35 heavy (non-hydrogen) atoms. The van der Waals surface area contributed by atoms with Gasteiger partial charge >= 0.3 is 5.97 Å². The van der Waals surface area contributed by atoms with Crippen molar-refractivity contribution in [2.75, 3.05) is 30.4 Å². The number of anilines is 1. The molecular weight excluding hydrogens is 518 g/mol. The molecule has 0 aliphatic carbocycles. The van der Waals surface area contributed by atoms with Gasteiger partial charge in [-0.05, 0) is 10.4 Å². The van der Waals surface area contributed by atoms with Gasteiger partial charge in [0.1, 0.15) is 22.5 Å². The molecule has 2 saturated heterocycles. The van der Waals surface area contributed by atoms with E-state index in [4.69, 9.17) is 17.0 Å². The van der Waals surface area contributed by atoms with E-state index in [1.54, 1.807) is 7.05 Å². The van der Waals surface area contributed by atoms with Crippen molar-refractivity contribution in [3.05, 3.63) is 11.1 Å². The highest BCUT2D eigenvalue weighted by Crippen LogP contribution is 2.44. The van der Waals surface area contributed by atoms with Gasteiger partial charge in [-0.3, -0.25) is 14.4 Å². The Morgan fingerprint density at radius 2 is 2.34 bits per heavy atom. The van der Waals surface area contributed by atoms with Crippen LogP contribution < -0.4 is 11.1 Å². The number of rotatable bonds is 9. The van der Waals surface area contributed by atoms with Gasteiger partial charge in [-0.25, -0.2) is 9.67 Å². The Balaban J connectivity index is 1.43. The van der Waals surface area contributed by atoms with Crippen LogP contribution in [0.4, 0.5) is 5.13 Å². The maximum atomic E-state index is 12.9. The van der Waals surface area contributed by atoms with Crippen LogP contribution in [0.25, 0.3) is 0 Å². The zero-order valence-electron chi connectivity index (χ0n) is 18.2. The Kier molecular flexibility index (Phi) is 7.14. The number of nitrogens with one attached hydrogen (secondary N) is 1. The average molecular weight is 538 g/mol. The lowest BCUT2D eigenvalue weighted by Gasteiger charge is -2.53. The molecule has 2 fully saturated rings. The lowest BCUT2D eigenvalue weighted by Crippen LogP contribution is -2.74. The summed E-state index contributed by atoms with van der Waals surface area (Å²) >= 11 is 3.60. The van der Waals surface area contributed by atoms with Gasteiger partial charge in [0.05, 0.1) is 0 Å². The minimum Gasteiger partial charge on any atom is -0.481 e. The van der Waals surface area contributed by atoms with Crippen LogP contribution in [-0.4, -0.2) is 94.8 Å². The monoisotopic (exact) mass is 537 g/mol. The number of aryl methyl sites for hydroxylation is 1. The molecule has 4 rings (SSSR count). The molecule has 17 heteroatoms. The molecule has 2 aromatic heterocycles. The average Bonchev–Trinajstić information content (AvgIpc) is 3.46.